The van der Waals surface area contributed by atoms with E-state index in [2.05, 4.69) is 0 Å². The maximum absolute atomic E-state index is 10.2. The fourth-order valence-electron chi connectivity index (χ4n) is 0.327. The minimum absolute atomic E-state index is 0.0660. The largest absolute Gasteiger partial charge is 0.393 e. The van der Waals surface area contributed by atoms with Gasteiger partial charge in [-0.2, -0.15) is 0 Å². The van der Waals surface area contributed by atoms with Crippen LogP contribution in [0.5, 0.6) is 0 Å². The lowest BCUT2D eigenvalue weighted by Gasteiger charge is -1.99. The van der Waals surface area contributed by atoms with Crippen LogP contribution in [-0.4, -0.2) is 17.1 Å². The number of nitrogens with one attached hydrogen (secondary N) is 1. The van der Waals surface area contributed by atoms with Gasteiger partial charge in [0.25, 0.3) is 0 Å². The first-order chi connectivity index (χ1) is 3.66. The van der Waals surface area contributed by atoms with Crippen LogP contribution >= 0.6 is 0 Å². The summed E-state index contributed by atoms with van der Waals surface area (Å²) >= 11 is 0. The molecule has 0 aliphatic heterocycles. The molecule has 4 nitrogen and oxygen atoms in total. The first-order valence-corrected chi connectivity index (χ1v) is 2.34. The molecule has 48 valence electrons. The Morgan fingerprint density at radius 2 is 2.50 bits per heavy atom. The topological polar surface area (TPSA) is 75.3 Å². The van der Waals surface area contributed by atoms with Crippen LogP contribution in [0.25, 0.3) is 0 Å². The van der Waals surface area contributed by atoms with Crippen molar-refractivity contribution in [2.75, 3.05) is 0 Å². The standard InChI is InChI=1S/C4H10N2O2/c1-3(7)2-4(8)6-5/h3,7H,2,5H2,1H3,(H,6,8)/t3-/m0/s1. The Morgan fingerprint density at radius 1 is 2.00 bits per heavy atom. The summed E-state index contributed by atoms with van der Waals surface area (Å²) in [5.74, 6) is 4.36. The van der Waals surface area contributed by atoms with E-state index in [4.69, 9.17) is 10.9 Å². The number of aliphatic hydroxyl groups is 1. The molecule has 0 aromatic heterocycles. The van der Waals surface area contributed by atoms with Gasteiger partial charge in [-0.25, -0.2) is 5.84 Å². The van der Waals surface area contributed by atoms with Crippen molar-refractivity contribution >= 4 is 5.91 Å². The van der Waals surface area contributed by atoms with E-state index < -0.39 is 6.10 Å². The van der Waals surface area contributed by atoms with Gasteiger partial charge in [-0.15, -0.1) is 0 Å². The molecule has 0 spiro atoms. The second kappa shape index (κ2) is 3.40. The average Bonchev–Trinajstić information content (AvgIpc) is 1.65. The molecule has 0 aliphatic rings. The highest BCUT2D eigenvalue weighted by atomic mass is 16.3. The van der Waals surface area contributed by atoms with E-state index in [1.54, 1.807) is 0 Å². The Hall–Kier alpha value is -0.610. The van der Waals surface area contributed by atoms with Gasteiger partial charge in [0.05, 0.1) is 12.5 Å². The molecule has 0 aromatic rings. The monoisotopic (exact) mass is 118 g/mol. The molecule has 0 heterocycles. The van der Waals surface area contributed by atoms with Crippen LogP contribution in [0.3, 0.4) is 0 Å². The van der Waals surface area contributed by atoms with Crippen LogP contribution in [0.15, 0.2) is 0 Å². The lowest BCUT2D eigenvalue weighted by molar-refractivity contribution is -0.122. The number of aliphatic hydroxyl groups excluding tert-OH is 1. The third-order valence-corrected chi connectivity index (χ3v) is 0.642. The Balaban J connectivity index is 3.25. The van der Waals surface area contributed by atoms with Crippen LogP contribution in [0.1, 0.15) is 13.3 Å². The van der Waals surface area contributed by atoms with Gasteiger partial charge < -0.3 is 5.11 Å². The summed E-state index contributed by atoms with van der Waals surface area (Å²) in [6.07, 6.45) is -0.546. The molecule has 0 aliphatic carbocycles. The summed E-state index contributed by atoms with van der Waals surface area (Å²) in [5, 5.41) is 8.54. The predicted molar refractivity (Wildman–Crippen MR) is 28.6 cm³/mol. The lowest BCUT2D eigenvalue weighted by atomic mass is 10.3. The molecular weight excluding hydrogens is 108 g/mol. The second-order valence-electron chi connectivity index (χ2n) is 1.62. The zero-order valence-corrected chi connectivity index (χ0v) is 4.72. The van der Waals surface area contributed by atoms with Gasteiger partial charge in [-0.3, -0.25) is 10.2 Å². The number of hydrazine groups is 1. The van der Waals surface area contributed by atoms with E-state index in [0.29, 0.717) is 0 Å². The van der Waals surface area contributed by atoms with Crippen LogP contribution < -0.4 is 11.3 Å². The van der Waals surface area contributed by atoms with E-state index in [9.17, 15) is 4.79 Å². The molecule has 0 fully saturated rings. The fraction of sp³-hybridized carbons (Fsp3) is 0.750. The van der Waals surface area contributed by atoms with Crippen LogP contribution in [0.2, 0.25) is 0 Å². The van der Waals surface area contributed by atoms with Gasteiger partial charge >= 0.3 is 0 Å². The summed E-state index contributed by atoms with van der Waals surface area (Å²) in [5.41, 5.74) is 1.90. The number of carbonyl (C=O) groups excluding carboxylic acids is 1. The van der Waals surface area contributed by atoms with E-state index in [-0.39, 0.29) is 12.3 Å². The van der Waals surface area contributed by atoms with Crippen molar-refractivity contribution in [1.82, 2.24) is 5.43 Å². The Kier molecular flexibility index (Phi) is 3.14. The Bertz CT molecular complexity index is 82.1. The molecule has 1 atom stereocenters. The van der Waals surface area contributed by atoms with Gasteiger partial charge in [0.2, 0.25) is 5.91 Å². The summed E-state index contributed by atoms with van der Waals surface area (Å²) in [4.78, 5) is 10.2. The molecule has 1 amide bonds. The van der Waals surface area contributed by atoms with Crippen molar-refractivity contribution < 1.29 is 9.90 Å². The van der Waals surface area contributed by atoms with E-state index >= 15 is 0 Å². The number of amides is 1. The second-order valence-corrected chi connectivity index (χ2v) is 1.62. The highest BCUT2D eigenvalue weighted by molar-refractivity contribution is 5.75. The zero-order chi connectivity index (χ0) is 6.57. The molecule has 4 N–H and O–H groups in total. The lowest BCUT2D eigenvalue weighted by Crippen LogP contribution is -2.32. The molecule has 0 saturated carbocycles. The Morgan fingerprint density at radius 3 is 2.62 bits per heavy atom. The van der Waals surface area contributed by atoms with Crippen molar-refractivity contribution in [1.29, 1.82) is 0 Å². The quantitative estimate of drug-likeness (QED) is 0.241. The number of hydrogen-bond donors (Lipinski definition) is 3. The number of rotatable bonds is 2. The molecule has 0 radical (unpaired) electrons. The molecule has 0 bridgehead atoms. The zero-order valence-electron chi connectivity index (χ0n) is 4.72. The molecular formula is C4H10N2O2. The van der Waals surface area contributed by atoms with Gasteiger partial charge in [0.1, 0.15) is 0 Å². The molecule has 0 aromatic carbocycles. The normalized spacial score (nSPS) is 12.9. The van der Waals surface area contributed by atoms with Gasteiger partial charge in [0.15, 0.2) is 0 Å². The average molecular weight is 118 g/mol. The third kappa shape index (κ3) is 3.58. The summed E-state index contributed by atoms with van der Waals surface area (Å²) in [7, 11) is 0. The van der Waals surface area contributed by atoms with Gasteiger partial charge in [-0.1, -0.05) is 0 Å². The van der Waals surface area contributed by atoms with Crippen molar-refractivity contribution in [3.8, 4) is 0 Å². The number of carbonyl (C=O) groups is 1. The molecule has 0 rings (SSSR count). The highest BCUT2D eigenvalue weighted by Crippen LogP contribution is 1.85. The van der Waals surface area contributed by atoms with Crippen LogP contribution in [-0.2, 0) is 4.79 Å². The maximum atomic E-state index is 10.2. The van der Waals surface area contributed by atoms with Crippen molar-refractivity contribution in [3.05, 3.63) is 0 Å². The summed E-state index contributed by atoms with van der Waals surface area (Å²) in [6, 6.07) is 0. The first-order valence-electron chi connectivity index (χ1n) is 2.34. The molecule has 0 unspecified atom stereocenters. The van der Waals surface area contributed by atoms with E-state index in [0.717, 1.165) is 0 Å². The minimum atomic E-state index is -0.612. The molecule has 4 heteroatoms. The fourth-order valence-corrected chi connectivity index (χ4v) is 0.327. The maximum Gasteiger partial charge on any atom is 0.236 e. The number of hydrogen-bond acceptors (Lipinski definition) is 3. The van der Waals surface area contributed by atoms with Crippen molar-refractivity contribution in [2.24, 2.45) is 5.84 Å². The Labute approximate surface area is 47.6 Å². The van der Waals surface area contributed by atoms with E-state index in [1.807, 2.05) is 5.43 Å². The highest BCUT2D eigenvalue weighted by Gasteiger charge is 2.01. The van der Waals surface area contributed by atoms with Crippen LogP contribution in [0.4, 0.5) is 0 Å². The molecule has 8 heavy (non-hydrogen) atoms. The van der Waals surface area contributed by atoms with Crippen LogP contribution in [0, 0.1) is 0 Å². The predicted octanol–water partition coefficient (Wildman–Crippen LogP) is -1.25. The SMILES string of the molecule is C[C@H](O)CC(=O)NN. The van der Waals surface area contributed by atoms with Crippen molar-refractivity contribution in [2.45, 2.75) is 19.4 Å². The van der Waals surface area contributed by atoms with Crippen molar-refractivity contribution in [3.63, 3.8) is 0 Å². The number of nitrogens with two attached hydrogens (primary N) is 1. The minimum Gasteiger partial charge on any atom is -0.393 e. The van der Waals surface area contributed by atoms with Gasteiger partial charge in [0, 0.05) is 0 Å². The summed E-state index contributed by atoms with van der Waals surface area (Å²) < 4.78 is 0. The van der Waals surface area contributed by atoms with Gasteiger partial charge in [-0.05, 0) is 6.92 Å². The third-order valence-electron chi connectivity index (χ3n) is 0.642. The first kappa shape index (κ1) is 7.39. The summed E-state index contributed by atoms with van der Waals surface area (Å²) in [6.45, 7) is 1.52. The molecule has 0 saturated heterocycles. The van der Waals surface area contributed by atoms with E-state index in [1.165, 1.54) is 6.92 Å². The smallest absolute Gasteiger partial charge is 0.236 e.